The maximum atomic E-state index is 5.91. The van der Waals surface area contributed by atoms with Gasteiger partial charge in [0.15, 0.2) is 0 Å². The summed E-state index contributed by atoms with van der Waals surface area (Å²) in [4.78, 5) is 4.34. The van der Waals surface area contributed by atoms with Gasteiger partial charge in [-0.15, -0.1) is 0 Å². The minimum Gasteiger partial charge on any atom is -0.331 e. The van der Waals surface area contributed by atoms with Gasteiger partial charge in [0.25, 0.3) is 0 Å². The zero-order valence-corrected chi connectivity index (χ0v) is 11.3. The van der Waals surface area contributed by atoms with Crippen LogP contribution >= 0.6 is 0 Å². The molecule has 0 aromatic carbocycles. The number of hydrogen-bond acceptors (Lipinski definition) is 2. The van der Waals surface area contributed by atoms with Gasteiger partial charge in [-0.2, -0.15) is 0 Å². The largest absolute Gasteiger partial charge is 0.331 e. The summed E-state index contributed by atoms with van der Waals surface area (Å²) in [7, 11) is 0. The second-order valence-electron chi connectivity index (χ2n) is 5.66. The van der Waals surface area contributed by atoms with Gasteiger partial charge in [-0.1, -0.05) is 27.2 Å². The Morgan fingerprint density at radius 1 is 1.53 bits per heavy atom. The number of nitrogens with zero attached hydrogens (tertiary/aromatic N) is 2. The molecular formula is C14H25N3. The molecule has 0 radical (unpaired) electrons. The van der Waals surface area contributed by atoms with Crippen LogP contribution in [0.25, 0.3) is 0 Å². The van der Waals surface area contributed by atoms with Gasteiger partial charge >= 0.3 is 0 Å². The lowest BCUT2D eigenvalue weighted by atomic mass is 9.93. The monoisotopic (exact) mass is 235 g/mol. The molecule has 17 heavy (non-hydrogen) atoms. The van der Waals surface area contributed by atoms with Crippen molar-refractivity contribution in [3.8, 4) is 0 Å². The van der Waals surface area contributed by atoms with E-state index in [1.54, 1.807) is 0 Å². The normalized spacial score (nSPS) is 25.2. The van der Waals surface area contributed by atoms with Crippen molar-refractivity contribution in [1.82, 2.24) is 9.55 Å². The molecule has 2 N–H and O–H groups in total. The molecule has 3 nitrogen and oxygen atoms in total. The van der Waals surface area contributed by atoms with E-state index in [0.717, 1.165) is 5.92 Å². The molecule has 1 aliphatic carbocycles. The number of imidazole rings is 1. The van der Waals surface area contributed by atoms with Crippen LogP contribution in [0.2, 0.25) is 0 Å². The van der Waals surface area contributed by atoms with Crippen molar-refractivity contribution in [3.63, 3.8) is 0 Å². The van der Waals surface area contributed by atoms with E-state index in [-0.39, 0.29) is 0 Å². The first kappa shape index (κ1) is 12.6. The van der Waals surface area contributed by atoms with Gasteiger partial charge in [0.1, 0.15) is 0 Å². The summed E-state index contributed by atoms with van der Waals surface area (Å²) < 4.78 is 2.39. The van der Waals surface area contributed by atoms with E-state index in [1.807, 2.05) is 12.5 Å². The Balaban J connectivity index is 2.12. The van der Waals surface area contributed by atoms with Crippen molar-refractivity contribution in [2.24, 2.45) is 17.6 Å². The third kappa shape index (κ3) is 2.54. The van der Waals surface area contributed by atoms with Crippen LogP contribution in [0, 0.1) is 11.8 Å². The van der Waals surface area contributed by atoms with E-state index < -0.39 is 0 Å². The third-order valence-electron chi connectivity index (χ3n) is 4.04. The lowest BCUT2D eigenvalue weighted by Crippen LogP contribution is -2.20. The van der Waals surface area contributed by atoms with E-state index in [2.05, 4.69) is 30.3 Å². The predicted molar refractivity (Wildman–Crippen MR) is 70.9 cm³/mol. The van der Waals surface area contributed by atoms with Crippen molar-refractivity contribution in [2.45, 2.75) is 52.0 Å². The highest BCUT2D eigenvalue weighted by Crippen LogP contribution is 2.47. The van der Waals surface area contributed by atoms with Gasteiger partial charge in [-0.25, -0.2) is 4.98 Å². The maximum absolute atomic E-state index is 5.91. The predicted octanol–water partition coefficient (Wildman–Crippen LogP) is 2.94. The topological polar surface area (TPSA) is 43.8 Å². The van der Waals surface area contributed by atoms with E-state index in [1.165, 1.54) is 25.0 Å². The van der Waals surface area contributed by atoms with Gasteiger partial charge in [0.2, 0.25) is 0 Å². The first-order valence-corrected chi connectivity index (χ1v) is 6.90. The van der Waals surface area contributed by atoms with Crippen LogP contribution in [0.3, 0.4) is 0 Å². The molecule has 0 spiro atoms. The van der Waals surface area contributed by atoms with Gasteiger partial charge in [0, 0.05) is 30.4 Å². The van der Waals surface area contributed by atoms with E-state index in [9.17, 15) is 0 Å². The lowest BCUT2D eigenvalue weighted by molar-refractivity contribution is 0.466. The van der Waals surface area contributed by atoms with Crippen LogP contribution in [0.4, 0.5) is 0 Å². The molecule has 96 valence electrons. The summed E-state index contributed by atoms with van der Waals surface area (Å²) in [6.45, 7) is 7.46. The first-order chi connectivity index (χ1) is 8.19. The number of hydrogen-bond donors (Lipinski definition) is 1. The highest BCUT2D eigenvalue weighted by molar-refractivity contribution is 5.12. The summed E-state index contributed by atoms with van der Waals surface area (Å²) in [6, 6.07) is 0.695. The quantitative estimate of drug-likeness (QED) is 0.824. The molecule has 3 unspecified atom stereocenters. The van der Waals surface area contributed by atoms with Gasteiger partial charge < -0.3 is 10.3 Å². The zero-order chi connectivity index (χ0) is 12.4. The molecular weight excluding hydrogens is 210 g/mol. The summed E-state index contributed by atoms with van der Waals surface area (Å²) in [5.74, 6) is 1.90. The molecule has 1 heterocycles. The number of nitrogens with two attached hydrogens (primary N) is 1. The summed E-state index contributed by atoms with van der Waals surface area (Å²) in [6.07, 6.45) is 7.97. The molecule has 1 aliphatic rings. The van der Waals surface area contributed by atoms with Crippen molar-refractivity contribution in [3.05, 3.63) is 18.2 Å². The van der Waals surface area contributed by atoms with Crippen LogP contribution in [0.1, 0.15) is 57.7 Å². The molecule has 0 saturated heterocycles. The first-order valence-electron chi connectivity index (χ1n) is 6.90. The van der Waals surface area contributed by atoms with Crippen LogP contribution in [-0.2, 0) is 0 Å². The molecule has 1 aromatic heterocycles. The molecule has 2 rings (SSSR count). The van der Waals surface area contributed by atoms with Crippen molar-refractivity contribution < 1.29 is 0 Å². The second-order valence-corrected chi connectivity index (χ2v) is 5.66. The molecule has 1 saturated carbocycles. The number of aromatic nitrogens is 2. The molecule has 1 aromatic rings. The fourth-order valence-corrected chi connectivity index (χ4v) is 2.87. The van der Waals surface area contributed by atoms with Gasteiger partial charge in [-0.3, -0.25) is 0 Å². The summed E-state index contributed by atoms with van der Waals surface area (Å²) in [5.41, 5.74) is 7.25. The Bertz CT molecular complexity index is 356. The van der Waals surface area contributed by atoms with E-state index in [0.29, 0.717) is 24.4 Å². The molecule has 0 amide bonds. The highest BCUT2D eigenvalue weighted by atomic mass is 15.1. The summed E-state index contributed by atoms with van der Waals surface area (Å²) >= 11 is 0. The summed E-state index contributed by atoms with van der Waals surface area (Å²) in [5, 5.41) is 0. The standard InChI is InChI=1S/C14H25N3/c1-4-5-11-6-13(11)17-9-16-8-14(17)12(7-15)10(2)3/h8-13H,4-7,15H2,1-3H3. The average Bonchev–Trinajstić information content (AvgIpc) is 2.88. The van der Waals surface area contributed by atoms with Crippen molar-refractivity contribution >= 4 is 0 Å². The Labute approximate surface area is 104 Å². The Kier molecular flexibility index (Phi) is 3.87. The SMILES string of the molecule is CCCC1CC1n1cncc1C(CN)C(C)C. The van der Waals surface area contributed by atoms with Crippen molar-refractivity contribution in [2.75, 3.05) is 6.54 Å². The van der Waals surface area contributed by atoms with E-state index >= 15 is 0 Å². The van der Waals surface area contributed by atoms with E-state index in [4.69, 9.17) is 5.73 Å². The Morgan fingerprint density at radius 3 is 2.88 bits per heavy atom. The molecule has 1 fully saturated rings. The minimum absolute atomic E-state index is 0.445. The fraction of sp³-hybridized carbons (Fsp3) is 0.786. The smallest absolute Gasteiger partial charge is 0.0950 e. The zero-order valence-electron chi connectivity index (χ0n) is 11.3. The van der Waals surface area contributed by atoms with Crippen LogP contribution in [0.15, 0.2) is 12.5 Å². The average molecular weight is 235 g/mol. The van der Waals surface area contributed by atoms with Gasteiger partial charge in [0.05, 0.1) is 6.33 Å². The lowest BCUT2D eigenvalue weighted by Gasteiger charge is -2.20. The minimum atomic E-state index is 0.445. The van der Waals surface area contributed by atoms with Crippen LogP contribution < -0.4 is 5.73 Å². The number of rotatable bonds is 6. The third-order valence-corrected chi connectivity index (χ3v) is 4.04. The Hall–Kier alpha value is -0.830. The fourth-order valence-electron chi connectivity index (χ4n) is 2.87. The molecule has 0 aliphatic heterocycles. The van der Waals surface area contributed by atoms with Crippen molar-refractivity contribution in [1.29, 1.82) is 0 Å². The van der Waals surface area contributed by atoms with Crippen LogP contribution in [-0.4, -0.2) is 16.1 Å². The van der Waals surface area contributed by atoms with Gasteiger partial charge in [-0.05, 0) is 24.7 Å². The molecule has 0 bridgehead atoms. The maximum Gasteiger partial charge on any atom is 0.0950 e. The van der Waals surface area contributed by atoms with Crippen LogP contribution in [0.5, 0.6) is 0 Å². The molecule has 3 atom stereocenters. The molecule has 3 heteroatoms. The Morgan fingerprint density at radius 2 is 2.29 bits per heavy atom. The highest BCUT2D eigenvalue weighted by Gasteiger charge is 2.39. The second kappa shape index (κ2) is 5.21.